The van der Waals surface area contributed by atoms with Crippen LogP contribution >= 0.6 is 11.3 Å². The highest BCUT2D eigenvalue weighted by molar-refractivity contribution is 7.17. The van der Waals surface area contributed by atoms with Gasteiger partial charge in [0.1, 0.15) is 18.1 Å². The van der Waals surface area contributed by atoms with Gasteiger partial charge in [-0.2, -0.15) is 0 Å². The fourth-order valence-corrected chi connectivity index (χ4v) is 5.86. The van der Waals surface area contributed by atoms with E-state index in [1.54, 1.807) is 11.0 Å². The van der Waals surface area contributed by atoms with E-state index in [0.717, 1.165) is 10.1 Å². The molecule has 5 rings (SSSR count). The van der Waals surface area contributed by atoms with Crippen LogP contribution < -0.4 is 10.6 Å². The topological polar surface area (TPSA) is 125 Å². The Morgan fingerprint density at radius 2 is 1.91 bits per heavy atom. The number of amides is 3. The van der Waals surface area contributed by atoms with E-state index in [1.165, 1.54) is 11.3 Å². The molecule has 3 N–H and O–H groups in total. The molecule has 3 aliphatic heterocycles. The Balaban J connectivity index is 1.34. The molecule has 2 saturated heterocycles. The Morgan fingerprint density at radius 1 is 1.09 bits per heavy atom. The van der Waals surface area contributed by atoms with Crippen LogP contribution in [0, 0.1) is 0 Å². The van der Waals surface area contributed by atoms with E-state index in [9.17, 15) is 24.3 Å². The Kier molecular flexibility index (Phi) is 6.09. The summed E-state index contributed by atoms with van der Waals surface area (Å²) in [5.41, 5.74) is 0.512. The zero-order valence-electron chi connectivity index (χ0n) is 18.3. The molecule has 0 spiro atoms. The first kappa shape index (κ1) is 22.5. The molecule has 0 bridgehead atoms. The number of benzene rings is 1. The average molecular weight is 484 g/mol. The SMILES string of the molecule is O=C1CC(NC(=O)[C@@H]2CC[C@H]3CC=CC[C@H](NC(=O)c4cccc5ccsc45)C(=O)N32)C(O)O1. The number of carbonyl (C=O) groups excluding carboxylic acids is 4. The average Bonchev–Trinajstić information content (AvgIpc) is 3.52. The van der Waals surface area contributed by atoms with Gasteiger partial charge in [0, 0.05) is 10.7 Å². The summed E-state index contributed by atoms with van der Waals surface area (Å²) in [6.07, 6.45) is 4.42. The minimum Gasteiger partial charge on any atom is -0.434 e. The minimum atomic E-state index is -1.40. The zero-order valence-corrected chi connectivity index (χ0v) is 19.1. The molecule has 3 aliphatic rings. The first-order valence-electron chi connectivity index (χ1n) is 11.3. The van der Waals surface area contributed by atoms with Gasteiger partial charge in [0.2, 0.25) is 18.1 Å². The molecule has 3 amide bonds. The predicted molar refractivity (Wildman–Crippen MR) is 124 cm³/mol. The fourth-order valence-electron chi connectivity index (χ4n) is 4.95. The van der Waals surface area contributed by atoms with E-state index >= 15 is 0 Å². The van der Waals surface area contributed by atoms with Crippen LogP contribution in [-0.4, -0.2) is 64.2 Å². The van der Waals surface area contributed by atoms with Gasteiger partial charge in [0.25, 0.3) is 5.91 Å². The lowest BCUT2D eigenvalue weighted by Gasteiger charge is -2.34. The summed E-state index contributed by atoms with van der Waals surface area (Å²) in [4.78, 5) is 52.7. The first-order valence-corrected chi connectivity index (χ1v) is 12.2. The van der Waals surface area contributed by atoms with Crippen molar-refractivity contribution in [1.29, 1.82) is 0 Å². The van der Waals surface area contributed by atoms with E-state index in [2.05, 4.69) is 10.6 Å². The molecular formula is C24H25N3O6S. The summed E-state index contributed by atoms with van der Waals surface area (Å²) >= 11 is 1.47. The highest BCUT2D eigenvalue weighted by Gasteiger charge is 2.45. The van der Waals surface area contributed by atoms with Crippen molar-refractivity contribution in [3.05, 3.63) is 47.4 Å². The smallest absolute Gasteiger partial charge is 0.310 e. The Bertz CT molecular complexity index is 1180. The second-order valence-electron chi connectivity index (χ2n) is 8.81. The normalized spacial score (nSPS) is 28.9. The fraction of sp³-hybridized carbons (Fsp3) is 0.417. The summed E-state index contributed by atoms with van der Waals surface area (Å²) in [5, 5.41) is 18.3. The van der Waals surface area contributed by atoms with Crippen molar-refractivity contribution in [2.75, 3.05) is 0 Å². The molecule has 34 heavy (non-hydrogen) atoms. The third-order valence-electron chi connectivity index (χ3n) is 6.64. The van der Waals surface area contributed by atoms with Gasteiger partial charge in [-0.25, -0.2) is 0 Å². The lowest BCUT2D eigenvalue weighted by atomic mass is 10.0. The van der Waals surface area contributed by atoms with Crippen LogP contribution in [0.4, 0.5) is 0 Å². The molecule has 0 aliphatic carbocycles. The van der Waals surface area contributed by atoms with Crippen molar-refractivity contribution >= 4 is 45.1 Å². The number of thiophene rings is 1. The summed E-state index contributed by atoms with van der Waals surface area (Å²) < 4.78 is 5.55. The van der Waals surface area contributed by atoms with Gasteiger partial charge in [-0.05, 0) is 48.6 Å². The monoisotopic (exact) mass is 483 g/mol. The number of cyclic esters (lactones) is 1. The quantitative estimate of drug-likeness (QED) is 0.447. The molecule has 2 fully saturated rings. The highest BCUT2D eigenvalue weighted by Crippen LogP contribution is 2.30. The zero-order chi connectivity index (χ0) is 23.8. The molecule has 2 aromatic rings. The molecule has 1 aromatic heterocycles. The Morgan fingerprint density at radius 3 is 2.71 bits per heavy atom. The maximum Gasteiger partial charge on any atom is 0.310 e. The maximum absolute atomic E-state index is 13.6. The second-order valence-corrected chi connectivity index (χ2v) is 9.72. The number of rotatable bonds is 4. The van der Waals surface area contributed by atoms with Gasteiger partial charge >= 0.3 is 5.97 Å². The maximum atomic E-state index is 13.6. The van der Waals surface area contributed by atoms with Crippen molar-refractivity contribution in [2.24, 2.45) is 0 Å². The van der Waals surface area contributed by atoms with Gasteiger partial charge < -0.3 is 25.4 Å². The van der Waals surface area contributed by atoms with Gasteiger partial charge in [0.15, 0.2) is 0 Å². The molecule has 5 atom stereocenters. The lowest BCUT2D eigenvalue weighted by molar-refractivity contribution is -0.155. The van der Waals surface area contributed by atoms with Crippen LogP contribution in [-0.2, 0) is 19.1 Å². The van der Waals surface area contributed by atoms with Gasteiger partial charge in [-0.15, -0.1) is 11.3 Å². The lowest BCUT2D eigenvalue weighted by Crippen LogP contribution is -2.57. The van der Waals surface area contributed by atoms with Crippen molar-refractivity contribution in [1.82, 2.24) is 15.5 Å². The molecule has 0 saturated carbocycles. The first-order chi connectivity index (χ1) is 16.4. The van der Waals surface area contributed by atoms with E-state index in [-0.39, 0.29) is 24.3 Å². The number of hydrogen-bond acceptors (Lipinski definition) is 7. The third-order valence-corrected chi connectivity index (χ3v) is 7.61. The van der Waals surface area contributed by atoms with Crippen molar-refractivity contribution in [3.8, 4) is 0 Å². The number of carbonyl (C=O) groups is 4. The van der Waals surface area contributed by atoms with Crippen molar-refractivity contribution < 1.29 is 29.0 Å². The largest absolute Gasteiger partial charge is 0.434 e. The molecule has 2 unspecified atom stereocenters. The van der Waals surface area contributed by atoms with Crippen LogP contribution in [0.2, 0.25) is 0 Å². The third kappa shape index (κ3) is 4.19. The number of nitrogens with zero attached hydrogens (tertiary/aromatic N) is 1. The number of fused-ring (bicyclic) bond motifs is 2. The minimum absolute atomic E-state index is 0.118. The van der Waals surface area contributed by atoms with Crippen LogP contribution in [0.5, 0.6) is 0 Å². The second kappa shape index (κ2) is 9.19. The molecule has 10 heteroatoms. The van der Waals surface area contributed by atoms with E-state index in [1.807, 2.05) is 35.7 Å². The van der Waals surface area contributed by atoms with Crippen molar-refractivity contribution in [3.63, 3.8) is 0 Å². The van der Waals surface area contributed by atoms with Gasteiger partial charge in [0.05, 0.1) is 12.0 Å². The summed E-state index contributed by atoms with van der Waals surface area (Å²) in [6.45, 7) is 0. The molecule has 0 radical (unpaired) electrons. The Labute approximate surface area is 199 Å². The van der Waals surface area contributed by atoms with E-state index in [4.69, 9.17) is 4.74 Å². The summed E-state index contributed by atoms with van der Waals surface area (Å²) in [5.74, 6) is -1.66. The van der Waals surface area contributed by atoms with Crippen LogP contribution in [0.1, 0.15) is 42.5 Å². The van der Waals surface area contributed by atoms with Crippen LogP contribution in [0.25, 0.3) is 10.1 Å². The van der Waals surface area contributed by atoms with Gasteiger partial charge in [-0.3, -0.25) is 19.2 Å². The summed E-state index contributed by atoms with van der Waals surface area (Å²) in [7, 11) is 0. The Hall–Kier alpha value is -3.24. The number of aliphatic hydroxyl groups is 1. The summed E-state index contributed by atoms with van der Waals surface area (Å²) in [6, 6.07) is 4.87. The molecule has 178 valence electrons. The number of esters is 1. The van der Waals surface area contributed by atoms with Crippen LogP contribution in [0.15, 0.2) is 41.8 Å². The molecule has 9 nitrogen and oxygen atoms in total. The standard InChI is InChI=1S/C24H25N3O6S/c28-19-12-17(24(32)33-19)26-22(30)18-9-8-14-5-1-2-7-16(23(31)27(14)18)25-21(29)15-6-3-4-13-10-11-34-20(13)15/h1-4,6,10-11,14,16-18,24,32H,5,7-9,12H2,(H,25,29)(H,26,30)/t14-,16+,17?,18+,24?/m1/s1. The number of aliphatic hydroxyl groups excluding tert-OH is 1. The molecular weight excluding hydrogens is 458 g/mol. The van der Waals surface area contributed by atoms with Crippen LogP contribution in [0.3, 0.4) is 0 Å². The van der Waals surface area contributed by atoms with E-state index in [0.29, 0.717) is 31.2 Å². The number of hydrogen-bond donors (Lipinski definition) is 3. The number of ether oxygens (including phenoxy) is 1. The number of nitrogens with one attached hydrogen (secondary N) is 2. The van der Waals surface area contributed by atoms with Gasteiger partial charge in [-0.1, -0.05) is 24.3 Å². The molecule has 4 heterocycles. The van der Waals surface area contributed by atoms with E-state index < -0.39 is 36.3 Å². The molecule has 1 aromatic carbocycles. The predicted octanol–water partition coefficient (Wildman–Crippen LogP) is 1.46. The van der Waals surface area contributed by atoms with Crippen molar-refractivity contribution in [2.45, 2.75) is 62.6 Å². The highest BCUT2D eigenvalue weighted by atomic mass is 32.1.